The molecule has 0 saturated carbocycles. The van der Waals surface area contributed by atoms with E-state index >= 15 is 0 Å². The number of hydrogen-bond acceptors (Lipinski definition) is 8. The van der Waals surface area contributed by atoms with Crippen molar-refractivity contribution in [3.63, 3.8) is 0 Å². The normalized spacial score (nSPS) is 13.7. The lowest BCUT2D eigenvalue weighted by Gasteiger charge is -2.22. The lowest BCUT2D eigenvalue weighted by molar-refractivity contribution is -0.389. The summed E-state index contributed by atoms with van der Waals surface area (Å²) < 4.78 is 47.4. The number of benzene rings is 1. The number of nitro groups is 1. The van der Waals surface area contributed by atoms with Crippen LogP contribution in [0.2, 0.25) is 5.28 Å². The maximum Gasteiger partial charge on any atom is 0.573 e. The minimum absolute atomic E-state index is 0.193. The molecule has 0 spiro atoms. The van der Waals surface area contributed by atoms with Crippen molar-refractivity contribution in [2.45, 2.75) is 32.0 Å². The van der Waals surface area contributed by atoms with Crippen LogP contribution in [-0.4, -0.2) is 41.3 Å². The van der Waals surface area contributed by atoms with Crippen LogP contribution in [0.1, 0.15) is 6.92 Å². The molecule has 0 aliphatic heterocycles. The fourth-order valence-electron chi connectivity index (χ4n) is 2.64. The van der Waals surface area contributed by atoms with Gasteiger partial charge in [-0.1, -0.05) is 0 Å². The molecule has 0 amide bonds. The van der Waals surface area contributed by atoms with Gasteiger partial charge in [-0.25, -0.2) is 4.79 Å². The van der Waals surface area contributed by atoms with Crippen LogP contribution >= 0.6 is 11.6 Å². The highest BCUT2D eigenvalue weighted by Crippen LogP contribution is 2.25. The highest BCUT2D eigenvalue weighted by Gasteiger charge is 2.31. The van der Waals surface area contributed by atoms with Gasteiger partial charge in [0.15, 0.2) is 0 Å². The molecule has 11 nitrogen and oxygen atoms in total. The molecule has 0 aliphatic carbocycles. The van der Waals surface area contributed by atoms with Gasteiger partial charge in [-0.2, -0.15) is 4.68 Å². The number of alkyl halides is 3. The van der Waals surface area contributed by atoms with E-state index in [1.54, 1.807) is 0 Å². The minimum Gasteiger partial charge on any atom is -0.406 e. The first-order valence-electron chi connectivity index (χ1n) is 8.36. The molecule has 0 unspecified atom stereocenters. The van der Waals surface area contributed by atoms with Crippen molar-refractivity contribution in [3.05, 3.63) is 56.4 Å². The van der Waals surface area contributed by atoms with Crippen LogP contribution in [0.5, 0.6) is 5.75 Å². The van der Waals surface area contributed by atoms with E-state index in [0.717, 1.165) is 27.6 Å². The molecule has 0 fully saturated rings. The molecule has 3 rings (SSSR count). The standard InChI is InChI=1S/C16H13ClF3N5O6/c1-15(27,7-23-6-11(25(28)29)21-13(23)17)8-24-14(26)30-12(22-24)9-2-4-10(5-3-9)31-16(18,19)20/h2-6,27H,7-8H2,1H3/t15-/m1/s1. The summed E-state index contributed by atoms with van der Waals surface area (Å²) in [6.45, 7) is 0.691. The molecule has 1 atom stereocenters. The Balaban J connectivity index is 1.76. The number of aliphatic hydroxyl groups is 1. The fourth-order valence-corrected chi connectivity index (χ4v) is 2.84. The topological polar surface area (TPSA) is 138 Å². The summed E-state index contributed by atoms with van der Waals surface area (Å²) in [6, 6.07) is 4.45. The van der Waals surface area contributed by atoms with Gasteiger partial charge >= 0.3 is 23.2 Å². The third kappa shape index (κ3) is 5.61. The van der Waals surface area contributed by atoms with Crippen LogP contribution in [0.4, 0.5) is 19.0 Å². The van der Waals surface area contributed by atoms with E-state index in [2.05, 4.69) is 14.8 Å². The smallest absolute Gasteiger partial charge is 0.406 e. The van der Waals surface area contributed by atoms with Gasteiger partial charge in [-0.05, 0) is 52.7 Å². The Morgan fingerprint density at radius 2 is 1.94 bits per heavy atom. The second-order valence-corrected chi connectivity index (χ2v) is 6.99. The van der Waals surface area contributed by atoms with Crippen LogP contribution in [-0.2, 0) is 13.1 Å². The summed E-state index contributed by atoms with van der Waals surface area (Å²) in [7, 11) is 0. The zero-order valence-electron chi connectivity index (χ0n) is 15.5. The molecule has 0 bridgehead atoms. The Bertz CT molecular complexity index is 1150. The molecule has 2 aromatic heterocycles. The molecular formula is C16H13ClF3N5O6. The van der Waals surface area contributed by atoms with Crippen LogP contribution in [0.3, 0.4) is 0 Å². The third-order valence-electron chi connectivity index (χ3n) is 3.84. The summed E-state index contributed by atoms with van der Waals surface area (Å²) in [6.07, 6.45) is -3.82. The lowest BCUT2D eigenvalue weighted by Crippen LogP contribution is -2.38. The minimum atomic E-state index is -4.85. The predicted octanol–water partition coefficient (Wildman–Crippen LogP) is 2.61. The van der Waals surface area contributed by atoms with Gasteiger partial charge in [0.2, 0.25) is 5.89 Å². The Morgan fingerprint density at radius 3 is 2.48 bits per heavy atom. The number of hydrogen-bond donors (Lipinski definition) is 1. The van der Waals surface area contributed by atoms with E-state index in [9.17, 15) is 33.2 Å². The molecule has 0 radical (unpaired) electrons. The number of aromatic nitrogens is 4. The van der Waals surface area contributed by atoms with Crippen molar-refractivity contribution in [2.24, 2.45) is 0 Å². The second kappa shape index (κ2) is 8.03. The van der Waals surface area contributed by atoms with Crippen molar-refractivity contribution in [1.82, 2.24) is 19.3 Å². The van der Waals surface area contributed by atoms with Gasteiger partial charge in [0.1, 0.15) is 11.9 Å². The van der Waals surface area contributed by atoms with Crippen LogP contribution in [0, 0.1) is 10.1 Å². The van der Waals surface area contributed by atoms with Gasteiger partial charge in [0.05, 0.1) is 18.7 Å². The molecule has 166 valence electrons. The molecule has 1 N–H and O–H groups in total. The first kappa shape index (κ1) is 22.3. The number of ether oxygens (including phenoxy) is 1. The second-order valence-electron chi connectivity index (χ2n) is 6.65. The van der Waals surface area contributed by atoms with Gasteiger partial charge in [0, 0.05) is 5.56 Å². The molecular weight excluding hydrogens is 451 g/mol. The van der Waals surface area contributed by atoms with E-state index in [1.807, 2.05) is 0 Å². The number of nitrogens with zero attached hydrogens (tertiary/aromatic N) is 5. The van der Waals surface area contributed by atoms with E-state index in [-0.39, 0.29) is 29.8 Å². The van der Waals surface area contributed by atoms with Gasteiger partial charge in [-0.15, -0.1) is 18.3 Å². The summed E-state index contributed by atoms with van der Waals surface area (Å²) in [5.74, 6) is -2.11. The van der Waals surface area contributed by atoms with Gasteiger partial charge < -0.3 is 24.4 Å². The SMILES string of the molecule is C[C@@](O)(Cn1cc([N+](=O)[O-])nc1Cl)Cn1nc(-c2ccc(OC(F)(F)F)cc2)oc1=O. The monoisotopic (exact) mass is 463 g/mol. The van der Waals surface area contributed by atoms with Crippen LogP contribution in [0.15, 0.2) is 39.7 Å². The highest BCUT2D eigenvalue weighted by molar-refractivity contribution is 6.28. The van der Waals surface area contributed by atoms with E-state index < -0.39 is 34.2 Å². The molecule has 1 aromatic carbocycles. The first-order chi connectivity index (χ1) is 14.3. The number of rotatable bonds is 7. The average Bonchev–Trinajstić information content (AvgIpc) is 3.17. The Labute approximate surface area is 175 Å². The van der Waals surface area contributed by atoms with Crippen molar-refractivity contribution in [2.75, 3.05) is 0 Å². The number of halogens is 4. The Morgan fingerprint density at radius 1 is 1.29 bits per heavy atom. The molecule has 31 heavy (non-hydrogen) atoms. The molecule has 0 saturated heterocycles. The summed E-state index contributed by atoms with van der Waals surface area (Å²) in [5, 5.41) is 25.1. The Kier molecular flexibility index (Phi) is 5.78. The van der Waals surface area contributed by atoms with Crippen molar-refractivity contribution in [1.29, 1.82) is 0 Å². The maximum absolute atomic E-state index is 12.2. The summed E-state index contributed by atoms with van der Waals surface area (Å²) in [5.41, 5.74) is -1.46. The quantitative estimate of drug-likeness (QED) is 0.416. The molecule has 15 heteroatoms. The zero-order valence-corrected chi connectivity index (χ0v) is 16.3. The van der Waals surface area contributed by atoms with Crippen molar-refractivity contribution >= 4 is 17.4 Å². The largest absolute Gasteiger partial charge is 0.573 e. The third-order valence-corrected chi connectivity index (χ3v) is 4.15. The molecule has 0 aliphatic rings. The van der Waals surface area contributed by atoms with Crippen molar-refractivity contribution in [3.8, 4) is 17.2 Å². The zero-order chi connectivity index (χ0) is 23.0. The highest BCUT2D eigenvalue weighted by atomic mass is 35.5. The summed E-state index contributed by atoms with van der Waals surface area (Å²) >= 11 is 5.82. The van der Waals surface area contributed by atoms with E-state index in [1.165, 1.54) is 19.1 Å². The van der Waals surface area contributed by atoms with E-state index in [4.69, 9.17) is 16.0 Å². The molecule has 2 heterocycles. The number of imidazole rings is 1. The van der Waals surface area contributed by atoms with E-state index in [0.29, 0.717) is 0 Å². The van der Waals surface area contributed by atoms with Gasteiger partial charge in [-0.3, -0.25) is 4.57 Å². The summed E-state index contributed by atoms with van der Waals surface area (Å²) in [4.78, 5) is 25.6. The van der Waals surface area contributed by atoms with Crippen LogP contribution < -0.4 is 10.5 Å². The average molecular weight is 464 g/mol. The van der Waals surface area contributed by atoms with Crippen LogP contribution in [0.25, 0.3) is 11.5 Å². The van der Waals surface area contributed by atoms with Gasteiger partial charge in [0.25, 0.3) is 0 Å². The lowest BCUT2D eigenvalue weighted by atomic mass is 10.1. The predicted molar refractivity (Wildman–Crippen MR) is 97.4 cm³/mol. The molecule has 3 aromatic rings. The fraction of sp³-hybridized carbons (Fsp3) is 0.312. The first-order valence-corrected chi connectivity index (χ1v) is 8.74. The van der Waals surface area contributed by atoms with Crippen molar-refractivity contribution < 1.29 is 32.4 Å². The maximum atomic E-state index is 12.2. The Hall–Kier alpha value is -3.39.